The Morgan fingerprint density at radius 1 is 1.35 bits per heavy atom. The van der Waals surface area contributed by atoms with Crippen LogP contribution in [0.15, 0.2) is 10.9 Å². The fraction of sp³-hybridized carbons (Fsp3) is 0.583. The Morgan fingerprint density at radius 2 is 2.00 bits per heavy atom. The van der Waals surface area contributed by atoms with Gasteiger partial charge in [-0.3, -0.25) is 14.2 Å². The molecule has 5 heteroatoms. The highest BCUT2D eigenvalue weighted by atomic mass is 16.2. The fourth-order valence-electron chi connectivity index (χ4n) is 2.16. The average Bonchev–Trinajstić information content (AvgIpc) is 2.76. The van der Waals surface area contributed by atoms with Crippen molar-refractivity contribution in [2.24, 2.45) is 0 Å². The molecule has 2 heterocycles. The monoisotopic (exact) mass is 235 g/mol. The predicted octanol–water partition coefficient (Wildman–Crippen LogP) is 0.483. The third kappa shape index (κ3) is 2.54. The van der Waals surface area contributed by atoms with Crippen molar-refractivity contribution in [3.8, 4) is 0 Å². The fourth-order valence-corrected chi connectivity index (χ4v) is 2.16. The predicted molar refractivity (Wildman–Crippen MR) is 63.8 cm³/mol. The largest absolute Gasteiger partial charge is 0.341 e. The molecule has 0 N–H and O–H groups in total. The first kappa shape index (κ1) is 11.8. The quantitative estimate of drug-likeness (QED) is 0.749. The van der Waals surface area contributed by atoms with Gasteiger partial charge in [-0.15, -0.1) is 0 Å². The van der Waals surface area contributed by atoms with Gasteiger partial charge in [-0.1, -0.05) is 0 Å². The van der Waals surface area contributed by atoms with Gasteiger partial charge in [0.05, 0.1) is 0 Å². The molecule has 1 amide bonds. The molecule has 17 heavy (non-hydrogen) atoms. The minimum absolute atomic E-state index is 0.0124. The van der Waals surface area contributed by atoms with Gasteiger partial charge in [-0.25, -0.2) is 4.98 Å². The third-order valence-corrected chi connectivity index (χ3v) is 3.08. The summed E-state index contributed by atoms with van der Waals surface area (Å²) in [5.74, 6) is 0.612. The third-order valence-electron chi connectivity index (χ3n) is 3.08. The zero-order chi connectivity index (χ0) is 12.4. The second-order valence-corrected chi connectivity index (χ2v) is 4.46. The zero-order valence-electron chi connectivity index (χ0n) is 10.3. The number of likely N-dealkylation sites (tertiary alicyclic amines) is 1. The number of aromatic nitrogens is 2. The normalized spacial score (nSPS) is 15.3. The van der Waals surface area contributed by atoms with Crippen LogP contribution in [0.2, 0.25) is 0 Å². The van der Waals surface area contributed by atoms with Crippen LogP contribution >= 0.6 is 0 Å². The number of amides is 1. The van der Waals surface area contributed by atoms with E-state index in [0.29, 0.717) is 11.5 Å². The van der Waals surface area contributed by atoms with Crippen molar-refractivity contribution in [2.75, 3.05) is 13.1 Å². The summed E-state index contributed by atoms with van der Waals surface area (Å²) < 4.78 is 1.44. The van der Waals surface area contributed by atoms with E-state index in [0.717, 1.165) is 25.9 Å². The van der Waals surface area contributed by atoms with Crippen molar-refractivity contribution in [1.29, 1.82) is 0 Å². The van der Waals surface area contributed by atoms with Crippen molar-refractivity contribution >= 4 is 5.91 Å². The lowest BCUT2D eigenvalue weighted by Crippen LogP contribution is -2.35. The van der Waals surface area contributed by atoms with Crippen LogP contribution in [0.1, 0.15) is 24.4 Å². The summed E-state index contributed by atoms with van der Waals surface area (Å²) in [6.45, 7) is 5.27. The molecule has 0 bridgehead atoms. The molecule has 2 rings (SSSR count). The Morgan fingerprint density at radius 3 is 2.59 bits per heavy atom. The van der Waals surface area contributed by atoms with Gasteiger partial charge in [-0.05, 0) is 26.7 Å². The highest BCUT2D eigenvalue weighted by Crippen LogP contribution is 2.08. The molecule has 5 nitrogen and oxygen atoms in total. The zero-order valence-corrected chi connectivity index (χ0v) is 10.3. The van der Waals surface area contributed by atoms with E-state index >= 15 is 0 Å². The first-order valence-electron chi connectivity index (χ1n) is 5.91. The lowest BCUT2D eigenvalue weighted by Gasteiger charge is -2.16. The molecule has 0 saturated carbocycles. The molecule has 0 radical (unpaired) electrons. The summed E-state index contributed by atoms with van der Waals surface area (Å²) in [4.78, 5) is 29.7. The van der Waals surface area contributed by atoms with E-state index in [1.165, 1.54) is 10.6 Å². The smallest absolute Gasteiger partial charge is 0.254 e. The Kier molecular flexibility index (Phi) is 3.26. The number of nitrogens with zero attached hydrogens (tertiary/aromatic N) is 3. The summed E-state index contributed by atoms with van der Waals surface area (Å²) in [5, 5.41) is 0. The van der Waals surface area contributed by atoms with Gasteiger partial charge >= 0.3 is 0 Å². The summed E-state index contributed by atoms with van der Waals surface area (Å²) in [6, 6.07) is 1.46. The van der Waals surface area contributed by atoms with E-state index in [2.05, 4.69) is 4.98 Å². The van der Waals surface area contributed by atoms with Gasteiger partial charge in [0.15, 0.2) is 0 Å². The highest BCUT2D eigenvalue weighted by molar-refractivity contribution is 5.76. The van der Waals surface area contributed by atoms with Crippen LogP contribution in [0.25, 0.3) is 0 Å². The van der Waals surface area contributed by atoms with Gasteiger partial charge in [0, 0.05) is 24.8 Å². The van der Waals surface area contributed by atoms with Gasteiger partial charge < -0.3 is 4.90 Å². The summed E-state index contributed by atoms with van der Waals surface area (Å²) in [6.07, 6.45) is 2.12. The van der Waals surface area contributed by atoms with E-state index in [-0.39, 0.29) is 18.0 Å². The van der Waals surface area contributed by atoms with Gasteiger partial charge in [0.2, 0.25) is 5.91 Å². The standard InChI is InChI=1S/C12H17N3O2/c1-9-7-11(16)15(10(2)13-9)8-12(17)14-5-3-4-6-14/h7H,3-6,8H2,1-2H3. The maximum absolute atomic E-state index is 11.9. The molecule has 1 aromatic rings. The van der Waals surface area contributed by atoms with Crippen LogP contribution in [-0.4, -0.2) is 33.4 Å². The van der Waals surface area contributed by atoms with Crippen molar-refractivity contribution in [3.05, 3.63) is 27.9 Å². The number of hydrogen-bond acceptors (Lipinski definition) is 3. The lowest BCUT2D eigenvalue weighted by molar-refractivity contribution is -0.130. The van der Waals surface area contributed by atoms with Crippen LogP contribution in [0, 0.1) is 13.8 Å². The molecule has 0 atom stereocenters. The molecule has 0 spiro atoms. The Balaban J connectivity index is 2.18. The molecule has 1 aliphatic rings. The van der Waals surface area contributed by atoms with E-state index in [9.17, 15) is 9.59 Å². The van der Waals surface area contributed by atoms with Crippen LogP contribution < -0.4 is 5.56 Å². The number of aryl methyl sites for hydroxylation is 2. The number of rotatable bonds is 2. The maximum atomic E-state index is 11.9. The second-order valence-electron chi connectivity index (χ2n) is 4.46. The van der Waals surface area contributed by atoms with Gasteiger partial charge in [0.25, 0.3) is 5.56 Å². The minimum atomic E-state index is -0.150. The van der Waals surface area contributed by atoms with Crippen molar-refractivity contribution in [3.63, 3.8) is 0 Å². The lowest BCUT2D eigenvalue weighted by atomic mass is 10.4. The van der Waals surface area contributed by atoms with E-state index < -0.39 is 0 Å². The Hall–Kier alpha value is -1.65. The summed E-state index contributed by atoms with van der Waals surface area (Å²) >= 11 is 0. The van der Waals surface area contributed by atoms with E-state index in [1.54, 1.807) is 13.8 Å². The van der Waals surface area contributed by atoms with Gasteiger partial charge in [-0.2, -0.15) is 0 Å². The minimum Gasteiger partial charge on any atom is -0.341 e. The number of carbonyl (C=O) groups excluding carboxylic acids is 1. The molecule has 1 saturated heterocycles. The van der Waals surface area contributed by atoms with Crippen molar-refractivity contribution in [2.45, 2.75) is 33.2 Å². The van der Waals surface area contributed by atoms with E-state index in [1.807, 2.05) is 4.90 Å². The first-order chi connectivity index (χ1) is 8.08. The first-order valence-corrected chi connectivity index (χ1v) is 5.91. The highest BCUT2D eigenvalue weighted by Gasteiger charge is 2.19. The molecule has 1 aromatic heterocycles. The van der Waals surface area contributed by atoms with E-state index in [4.69, 9.17) is 0 Å². The topological polar surface area (TPSA) is 55.2 Å². The molecular weight excluding hydrogens is 218 g/mol. The summed E-state index contributed by atoms with van der Waals surface area (Å²) in [5.41, 5.74) is 0.542. The molecule has 0 aliphatic carbocycles. The number of hydrogen-bond donors (Lipinski definition) is 0. The molecule has 1 aliphatic heterocycles. The van der Waals surface area contributed by atoms with Crippen molar-refractivity contribution < 1.29 is 4.79 Å². The van der Waals surface area contributed by atoms with Gasteiger partial charge in [0.1, 0.15) is 12.4 Å². The SMILES string of the molecule is Cc1cc(=O)n(CC(=O)N2CCCC2)c(C)n1. The van der Waals surface area contributed by atoms with Crippen LogP contribution in [0.5, 0.6) is 0 Å². The maximum Gasteiger partial charge on any atom is 0.254 e. The molecule has 0 unspecified atom stereocenters. The Labute approximate surface area is 100 Å². The van der Waals surface area contributed by atoms with Crippen molar-refractivity contribution in [1.82, 2.24) is 14.5 Å². The average molecular weight is 235 g/mol. The van der Waals surface area contributed by atoms with Crippen LogP contribution in [0.3, 0.4) is 0 Å². The molecule has 92 valence electrons. The second kappa shape index (κ2) is 4.69. The van der Waals surface area contributed by atoms with Crippen LogP contribution in [-0.2, 0) is 11.3 Å². The molecular formula is C12H17N3O2. The Bertz CT molecular complexity index is 487. The summed E-state index contributed by atoms with van der Waals surface area (Å²) in [7, 11) is 0. The molecule has 1 fully saturated rings. The van der Waals surface area contributed by atoms with Crippen LogP contribution in [0.4, 0.5) is 0 Å². The molecule has 0 aromatic carbocycles. The number of carbonyl (C=O) groups is 1.